The first-order valence-corrected chi connectivity index (χ1v) is 4.99. The fourth-order valence-electron chi connectivity index (χ4n) is 1.38. The van der Waals surface area contributed by atoms with Gasteiger partial charge in [0.2, 0.25) is 0 Å². The van der Waals surface area contributed by atoms with E-state index in [9.17, 15) is 4.79 Å². The molecule has 1 aliphatic rings. The quantitative estimate of drug-likeness (QED) is 0.619. The molecule has 3 heteroatoms. The first kappa shape index (κ1) is 10.4. The molecule has 0 unspecified atom stereocenters. The number of carbonyl (C=O) groups is 1. The van der Waals surface area contributed by atoms with E-state index in [0.29, 0.717) is 5.56 Å². The Balaban J connectivity index is 2.05. The lowest BCUT2D eigenvalue weighted by Crippen LogP contribution is -1.95. The number of phenols is 1. The maximum Gasteiger partial charge on any atom is 0.185 e. The Morgan fingerprint density at radius 3 is 2.69 bits per heavy atom. The third kappa shape index (κ3) is 2.45. The number of hydrogen-bond acceptors (Lipinski definition) is 3. The zero-order valence-corrected chi connectivity index (χ0v) is 8.63. The normalized spacial score (nSPS) is 14.4. The summed E-state index contributed by atoms with van der Waals surface area (Å²) >= 11 is 0. The summed E-state index contributed by atoms with van der Waals surface area (Å²) in [5, 5.41) is 9.08. The molecule has 0 amide bonds. The molecule has 1 heterocycles. The van der Waals surface area contributed by atoms with Crippen molar-refractivity contribution < 1.29 is 9.90 Å². The molecule has 0 radical (unpaired) electrons. The minimum absolute atomic E-state index is 0.0883. The summed E-state index contributed by atoms with van der Waals surface area (Å²) < 4.78 is 0. The third-order valence-electron chi connectivity index (χ3n) is 2.25. The van der Waals surface area contributed by atoms with Gasteiger partial charge in [-0.1, -0.05) is 6.08 Å². The number of nitrogens with zero attached hydrogens (tertiary/aromatic N) is 1. The molecule has 3 nitrogen and oxygen atoms in total. The van der Waals surface area contributed by atoms with Gasteiger partial charge in [-0.15, -0.1) is 0 Å². The summed E-state index contributed by atoms with van der Waals surface area (Å²) in [4.78, 5) is 15.7. The largest absolute Gasteiger partial charge is 0.508 e. The highest BCUT2D eigenvalue weighted by molar-refractivity contribution is 6.09. The van der Waals surface area contributed by atoms with Crippen molar-refractivity contribution in [2.45, 2.75) is 6.42 Å². The average molecular weight is 213 g/mol. The van der Waals surface area contributed by atoms with E-state index in [-0.39, 0.29) is 11.5 Å². The van der Waals surface area contributed by atoms with Crippen LogP contribution in [0.25, 0.3) is 0 Å². The standard InChI is InChI=1S/C13H11NO2/c15-12-6-3-10(4-7-12)13(16)8-5-11-2-1-9-14-11/h1,3-9,15H,2H2/b8-5+. The molecule has 1 aromatic rings. The van der Waals surface area contributed by atoms with Crippen LogP contribution in [0.4, 0.5) is 0 Å². The molecule has 0 aromatic heterocycles. The highest BCUT2D eigenvalue weighted by Gasteiger charge is 2.02. The van der Waals surface area contributed by atoms with Crippen LogP contribution < -0.4 is 0 Å². The summed E-state index contributed by atoms with van der Waals surface area (Å²) in [6.07, 6.45) is 7.65. The predicted octanol–water partition coefficient (Wildman–Crippen LogP) is 2.49. The average Bonchev–Trinajstić information content (AvgIpc) is 2.80. The summed E-state index contributed by atoms with van der Waals surface area (Å²) in [6.45, 7) is 0. The third-order valence-corrected chi connectivity index (χ3v) is 2.25. The van der Waals surface area contributed by atoms with Gasteiger partial charge in [-0.25, -0.2) is 0 Å². The maximum absolute atomic E-state index is 11.7. The van der Waals surface area contributed by atoms with Crippen LogP contribution in [0.5, 0.6) is 5.75 Å². The Morgan fingerprint density at radius 1 is 1.31 bits per heavy atom. The molecule has 0 saturated carbocycles. The van der Waals surface area contributed by atoms with Crippen molar-refractivity contribution in [3.05, 3.63) is 54.3 Å². The van der Waals surface area contributed by atoms with Crippen LogP contribution in [-0.4, -0.2) is 16.6 Å². The maximum atomic E-state index is 11.7. The van der Waals surface area contributed by atoms with Gasteiger partial charge in [0, 0.05) is 23.9 Å². The molecule has 1 aromatic carbocycles. The number of phenolic OH excluding ortho intramolecular Hbond substituents is 1. The predicted molar refractivity (Wildman–Crippen MR) is 62.8 cm³/mol. The molecule has 0 saturated heterocycles. The highest BCUT2D eigenvalue weighted by atomic mass is 16.3. The van der Waals surface area contributed by atoms with E-state index in [1.807, 2.05) is 6.08 Å². The van der Waals surface area contributed by atoms with Crippen molar-refractivity contribution >= 4 is 11.5 Å². The van der Waals surface area contributed by atoms with Gasteiger partial charge in [-0.2, -0.15) is 0 Å². The number of allylic oxidation sites excluding steroid dienone is 3. The minimum atomic E-state index is -0.0883. The minimum Gasteiger partial charge on any atom is -0.508 e. The van der Waals surface area contributed by atoms with Crippen LogP contribution in [0.2, 0.25) is 0 Å². The van der Waals surface area contributed by atoms with Gasteiger partial charge in [-0.3, -0.25) is 9.79 Å². The Hall–Kier alpha value is -2.16. The van der Waals surface area contributed by atoms with Crippen molar-refractivity contribution in [1.82, 2.24) is 0 Å². The van der Waals surface area contributed by atoms with Gasteiger partial charge in [0.1, 0.15) is 5.75 Å². The van der Waals surface area contributed by atoms with E-state index in [1.165, 1.54) is 18.2 Å². The van der Waals surface area contributed by atoms with Crippen LogP contribution in [0, 0.1) is 0 Å². The number of aliphatic imine (C=N–C) groups is 1. The van der Waals surface area contributed by atoms with E-state index >= 15 is 0 Å². The zero-order chi connectivity index (χ0) is 11.4. The number of hydrogen-bond donors (Lipinski definition) is 1. The molecule has 16 heavy (non-hydrogen) atoms. The monoisotopic (exact) mass is 213 g/mol. The van der Waals surface area contributed by atoms with Crippen molar-refractivity contribution in [1.29, 1.82) is 0 Å². The van der Waals surface area contributed by atoms with Gasteiger partial charge in [-0.05, 0) is 36.4 Å². The Morgan fingerprint density at radius 2 is 2.06 bits per heavy atom. The van der Waals surface area contributed by atoms with E-state index in [4.69, 9.17) is 5.11 Å². The number of ketones is 1. The second-order valence-corrected chi connectivity index (χ2v) is 3.45. The number of rotatable bonds is 3. The SMILES string of the molecule is O=C(/C=C/C1=NC=CC1)c1ccc(O)cc1. The van der Waals surface area contributed by atoms with Crippen LogP contribution in [0.15, 0.2) is 53.7 Å². The molecular weight excluding hydrogens is 202 g/mol. The van der Waals surface area contributed by atoms with Gasteiger partial charge < -0.3 is 5.11 Å². The van der Waals surface area contributed by atoms with Crippen molar-refractivity contribution in [3.8, 4) is 5.75 Å². The number of carbonyl (C=O) groups excluding carboxylic acids is 1. The molecule has 0 bridgehead atoms. The Labute approximate surface area is 93.5 Å². The lowest BCUT2D eigenvalue weighted by atomic mass is 10.1. The van der Waals surface area contributed by atoms with E-state index in [1.54, 1.807) is 24.4 Å². The summed E-state index contributed by atoms with van der Waals surface area (Å²) in [6, 6.07) is 6.18. The zero-order valence-electron chi connectivity index (χ0n) is 8.63. The molecule has 2 rings (SSSR count). The molecule has 1 N–H and O–H groups in total. The second-order valence-electron chi connectivity index (χ2n) is 3.45. The van der Waals surface area contributed by atoms with E-state index in [0.717, 1.165) is 12.1 Å². The van der Waals surface area contributed by atoms with Crippen molar-refractivity contribution in [2.24, 2.45) is 4.99 Å². The molecule has 0 atom stereocenters. The van der Waals surface area contributed by atoms with Crippen molar-refractivity contribution in [3.63, 3.8) is 0 Å². The first-order chi connectivity index (χ1) is 7.75. The van der Waals surface area contributed by atoms with Gasteiger partial charge in [0.05, 0.1) is 0 Å². The fourth-order valence-corrected chi connectivity index (χ4v) is 1.38. The van der Waals surface area contributed by atoms with Crippen LogP contribution >= 0.6 is 0 Å². The van der Waals surface area contributed by atoms with E-state index in [2.05, 4.69) is 4.99 Å². The number of benzene rings is 1. The summed E-state index contributed by atoms with van der Waals surface area (Å²) in [5.74, 6) is 0.0690. The molecule has 0 fully saturated rings. The second kappa shape index (κ2) is 4.57. The first-order valence-electron chi connectivity index (χ1n) is 4.99. The topological polar surface area (TPSA) is 49.7 Å². The summed E-state index contributed by atoms with van der Waals surface area (Å²) in [7, 11) is 0. The molecular formula is C13H11NO2. The molecule has 0 aliphatic carbocycles. The van der Waals surface area contributed by atoms with Gasteiger partial charge in [0.15, 0.2) is 5.78 Å². The lowest BCUT2D eigenvalue weighted by molar-refractivity contribution is 0.104. The number of aromatic hydroxyl groups is 1. The van der Waals surface area contributed by atoms with Crippen LogP contribution in [-0.2, 0) is 0 Å². The van der Waals surface area contributed by atoms with Gasteiger partial charge >= 0.3 is 0 Å². The molecule has 80 valence electrons. The van der Waals surface area contributed by atoms with Crippen LogP contribution in [0.3, 0.4) is 0 Å². The highest BCUT2D eigenvalue weighted by Crippen LogP contribution is 2.10. The van der Waals surface area contributed by atoms with Crippen molar-refractivity contribution in [2.75, 3.05) is 0 Å². The molecule has 1 aliphatic heterocycles. The van der Waals surface area contributed by atoms with Crippen LogP contribution in [0.1, 0.15) is 16.8 Å². The summed E-state index contributed by atoms with van der Waals surface area (Å²) in [5.41, 5.74) is 1.44. The Bertz CT molecular complexity index is 481. The molecule has 0 spiro atoms. The van der Waals surface area contributed by atoms with E-state index < -0.39 is 0 Å². The smallest absolute Gasteiger partial charge is 0.185 e. The Kier molecular flexibility index (Phi) is 2.96. The van der Waals surface area contributed by atoms with Gasteiger partial charge in [0.25, 0.3) is 0 Å². The lowest BCUT2D eigenvalue weighted by Gasteiger charge is -1.96. The fraction of sp³-hybridized carbons (Fsp3) is 0.0769.